The summed E-state index contributed by atoms with van der Waals surface area (Å²) in [4.78, 5) is 17.2. The Balaban J connectivity index is 1.65. The first kappa shape index (κ1) is 14.0. The van der Waals surface area contributed by atoms with Crippen LogP contribution in [-0.2, 0) is 16.1 Å². The third-order valence-electron chi connectivity index (χ3n) is 3.79. The van der Waals surface area contributed by atoms with Gasteiger partial charge in [-0.05, 0) is 24.6 Å². The summed E-state index contributed by atoms with van der Waals surface area (Å²) in [5, 5.41) is 9.84. The van der Waals surface area contributed by atoms with Gasteiger partial charge in [0.05, 0.1) is 11.1 Å². The van der Waals surface area contributed by atoms with E-state index in [4.69, 9.17) is 9.84 Å². The van der Waals surface area contributed by atoms with Gasteiger partial charge in [0.1, 0.15) is 6.61 Å². The average Bonchev–Trinajstić information content (AvgIpc) is 2.44. The molecule has 1 aliphatic rings. The van der Waals surface area contributed by atoms with Crippen molar-refractivity contribution in [1.82, 2.24) is 9.88 Å². The maximum absolute atomic E-state index is 10.6. The van der Waals surface area contributed by atoms with E-state index in [1.807, 2.05) is 37.4 Å². The van der Waals surface area contributed by atoms with Crippen LogP contribution in [0.1, 0.15) is 12.5 Å². The summed E-state index contributed by atoms with van der Waals surface area (Å²) in [6, 6.07) is 10.1. The summed E-state index contributed by atoms with van der Waals surface area (Å²) < 4.78 is 5.43. The monoisotopic (exact) mass is 286 g/mol. The minimum absolute atomic E-state index is 0.234. The number of para-hydroxylation sites is 1. The van der Waals surface area contributed by atoms with Crippen molar-refractivity contribution in [3.63, 3.8) is 0 Å². The quantitative estimate of drug-likeness (QED) is 0.909. The molecule has 5 heteroatoms. The van der Waals surface area contributed by atoms with Gasteiger partial charge in [0, 0.05) is 31.2 Å². The lowest BCUT2D eigenvalue weighted by molar-refractivity contribution is -0.165. The van der Waals surface area contributed by atoms with E-state index in [0.717, 1.165) is 25.2 Å². The molecular formula is C16H18N2O3. The van der Waals surface area contributed by atoms with E-state index >= 15 is 0 Å². The second-order valence-electron chi connectivity index (χ2n) is 5.76. The maximum Gasteiger partial charge on any atom is 0.329 e. The Labute approximate surface area is 123 Å². The van der Waals surface area contributed by atoms with Crippen molar-refractivity contribution < 1.29 is 14.6 Å². The second kappa shape index (κ2) is 5.42. The first-order valence-electron chi connectivity index (χ1n) is 6.96. The fourth-order valence-corrected chi connectivity index (χ4v) is 2.87. The molecule has 2 aromatic rings. The van der Waals surface area contributed by atoms with Gasteiger partial charge in [-0.2, -0.15) is 0 Å². The van der Waals surface area contributed by atoms with E-state index < -0.39 is 5.97 Å². The maximum atomic E-state index is 10.6. The van der Waals surface area contributed by atoms with Crippen LogP contribution in [-0.4, -0.2) is 46.3 Å². The number of ether oxygens (including phenoxy) is 1. The molecule has 0 amide bonds. The number of hydrogen-bond donors (Lipinski definition) is 1. The second-order valence-corrected chi connectivity index (χ2v) is 5.76. The van der Waals surface area contributed by atoms with Crippen LogP contribution in [0.4, 0.5) is 0 Å². The van der Waals surface area contributed by atoms with Gasteiger partial charge in [-0.3, -0.25) is 9.88 Å². The molecular weight excluding hydrogens is 268 g/mol. The molecule has 3 rings (SSSR count). The number of aromatic nitrogens is 1. The van der Waals surface area contributed by atoms with Gasteiger partial charge >= 0.3 is 5.97 Å². The zero-order valence-corrected chi connectivity index (χ0v) is 12.0. The average molecular weight is 286 g/mol. The zero-order chi connectivity index (χ0) is 14.9. The summed E-state index contributed by atoms with van der Waals surface area (Å²) in [7, 11) is 0. The number of fused-ring (bicyclic) bond motifs is 1. The fourth-order valence-electron chi connectivity index (χ4n) is 2.87. The molecule has 1 aromatic heterocycles. The molecule has 1 aliphatic heterocycles. The lowest BCUT2D eigenvalue weighted by Crippen LogP contribution is -2.61. The SMILES string of the molecule is CC1(OCC(=O)O)CN(Cc2ccnc3ccccc23)C1. The minimum atomic E-state index is -0.921. The van der Waals surface area contributed by atoms with Gasteiger partial charge in [-0.25, -0.2) is 4.79 Å². The van der Waals surface area contributed by atoms with E-state index in [-0.39, 0.29) is 12.2 Å². The Morgan fingerprint density at radius 3 is 2.90 bits per heavy atom. The summed E-state index contributed by atoms with van der Waals surface area (Å²) >= 11 is 0. The molecule has 0 bridgehead atoms. The smallest absolute Gasteiger partial charge is 0.329 e. The van der Waals surface area contributed by atoms with Gasteiger partial charge in [0.25, 0.3) is 0 Å². The van der Waals surface area contributed by atoms with Crippen LogP contribution >= 0.6 is 0 Å². The van der Waals surface area contributed by atoms with Crippen LogP contribution in [0.15, 0.2) is 36.5 Å². The molecule has 1 N–H and O–H groups in total. The van der Waals surface area contributed by atoms with Crippen molar-refractivity contribution >= 4 is 16.9 Å². The standard InChI is InChI=1S/C16H18N2O3/c1-16(21-9-15(19)20)10-18(11-16)8-12-6-7-17-14-5-3-2-4-13(12)14/h2-7H,8-11H2,1H3,(H,19,20). The van der Waals surface area contributed by atoms with Crippen molar-refractivity contribution in [3.05, 3.63) is 42.1 Å². The van der Waals surface area contributed by atoms with E-state index in [2.05, 4.69) is 16.0 Å². The molecule has 1 fully saturated rings. The van der Waals surface area contributed by atoms with E-state index in [1.54, 1.807) is 0 Å². The van der Waals surface area contributed by atoms with Gasteiger partial charge in [-0.1, -0.05) is 18.2 Å². The van der Waals surface area contributed by atoms with Crippen LogP contribution in [0.2, 0.25) is 0 Å². The van der Waals surface area contributed by atoms with E-state index in [0.29, 0.717) is 0 Å². The Hall–Kier alpha value is -1.98. The molecule has 0 spiro atoms. The number of hydrogen-bond acceptors (Lipinski definition) is 4. The van der Waals surface area contributed by atoms with E-state index in [9.17, 15) is 4.79 Å². The topological polar surface area (TPSA) is 62.7 Å². The number of carbonyl (C=O) groups is 1. The summed E-state index contributed by atoms with van der Waals surface area (Å²) in [5.41, 5.74) is 1.89. The highest BCUT2D eigenvalue weighted by atomic mass is 16.5. The molecule has 110 valence electrons. The number of carboxylic acid groups (broad SMARTS) is 1. The molecule has 0 unspecified atom stereocenters. The summed E-state index contributed by atoms with van der Waals surface area (Å²) in [6.07, 6.45) is 1.83. The molecule has 1 saturated heterocycles. The Morgan fingerprint density at radius 1 is 1.38 bits per heavy atom. The van der Waals surface area contributed by atoms with Crippen molar-refractivity contribution in [1.29, 1.82) is 0 Å². The molecule has 2 heterocycles. The number of likely N-dealkylation sites (tertiary alicyclic amines) is 1. The Morgan fingerprint density at radius 2 is 2.14 bits per heavy atom. The van der Waals surface area contributed by atoms with Crippen molar-refractivity contribution in [2.45, 2.75) is 19.1 Å². The molecule has 0 saturated carbocycles. The van der Waals surface area contributed by atoms with Crippen LogP contribution in [0.5, 0.6) is 0 Å². The molecule has 5 nitrogen and oxygen atoms in total. The van der Waals surface area contributed by atoms with Crippen LogP contribution in [0.25, 0.3) is 10.9 Å². The van der Waals surface area contributed by atoms with Crippen LogP contribution < -0.4 is 0 Å². The van der Waals surface area contributed by atoms with Crippen LogP contribution in [0.3, 0.4) is 0 Å². The first-order chi connectivity index (χ1) is 10.1. The Bertz CT molecular complexity index is 660. The molecule has 0 radical (unpaired) electrons. The largest absolute Gasteiger partial charge is 0.480 e. The number of pyridine rings is 1. The third kappa shape index (κ3) is 3.04. The highest BCUT2D eigenvalue weighted by Crippen LogP contribution is 2.28. The highest BCUT2D eigenvalue weighted by molar-refractivity contribution is 5.81. The van der Waals surface area contributed by atoms with Gasteiger partial charge in [0.2, 0.25) is 0 Å². The number of aliphatic carboxylic acids is 1. The number of rotatable bonds is 5. The van der Waals surface area contributed by atoms with Gasteiger partial charge < -0.3 is 9.84 Å². The Kier molecular flexibility index (Phi) is 3.61. The number of carboxylic acids is 1. The van der Waals surface area contributed by atoms with Crippen molar-refractivity contribution in [2.75, 3.05) is 19.7 Å². The van der Waals surface area contributed by atoms with E-state index in [1.165, 1.54) is 10.9 Å². The predicted molar refractivity (Wildman–Crippen MR) is 79.0 cm³/mol. The molecule has 0 aliphatic carbocycles. The fraction of sp³-hybridized carbons (Fsp3) is 0.375. The summed E-state index contributed by atoms with van der Waals surface area (Å²) in [6.45, 7) is 4.04. The summed E-state index contributed by atoms with van der Waals surface area (Å²) in [5.74, 6) is -0.921. The lowest BCUT2D eigenvalue weighted by Gasteiger charge is -2.47. The van der Waals surface area contributed by atoms with Crippen molar-refractivity contribution in [3.8, 4) is 0 Å². The zero-order valence-electron chi connectivity index (χ0n) is 12.0. The minimum Gasteiger partial charge on any atom is -0.480 e. The number of nitrogens with zero attached hydrogens (tertiary/aromatic N) is 2. The van der Waals surface area contributed by atoms with Gasteiger partial charge in [0.15, 0.2) is 0 Å². The molecule has 21 heavy (non-hydrogen) atoms. The third-order valence-corrected chi connectivity index (χ3v) is 3.79. The van der Waals surface area contributed by atoms with Crippen LogP contribution in [0, 0.1) is 0 Å². The van der Waals surface area contributed by atoms with Crippen molar-refractivity contribution in [2.24, 2.45) is 0 Å². The normalized spacial score (nSPS) is 17.6. The highest BCUT2D eigenvalue weighted by Gasteiger charge is 2.40. The number of benzene rings is 1. The van der Waals surface area contributed by atoms with Gasteiger partial charge in [-0.15, -0.1) is 0 Å². The molecule has 1 aromatic carbocycles. The lowest BCUT2D eigenvalue weighted by atomic mass is 9.95. The predicted octanol–water partition coefficient (Wildman–Crippen LogP) is 1.91. The first-order valence-corrected chi connectivity index (χ1v) is 6.96. The molecule has 0 atom stereocenters.